The van der Waals surface area contributed by atoms with Gasteiger partial charge in [0.15, 0.2) is 6.61 Å². The van der Waals surface area contributed by atoms with E-state index in [2.05, 4.69) is 10.3 Å². The van der Waals surface area contributed by atoms with Gasteiger partial charge in [-0.25, -0.2) is 4.98 Å². The molecule has 0 fully saturated rings. The van der Waals surface area contributed by atoms with Gasteiger partial charge in [0.2, 0.25) is 0 Å². The van der Waals surface area contributed by atoms with Crippen molar-refractivity contribution in [3.63, 3.8) is 0 Å². The largest absolute Gasteiger partial charge is 0.496 e. The maximum atomic E-state index is 12.7. The number of rotatable bonds is 4. The van der Waals surface area contributed by atoms with Crippen molar-refractivity contribution in [2.45, 2.75) is 12.6 Å². The first-order valence-electron chi connectivity index (χ1n) is 8.61. The molecule has 146 valence electrons. The van der Waals surface area contributed by atoms with Crippen molar-refractivity contribution >= 4 is 28.2 Å². The Bertz CT molecular complexity index is 1050. The van der Waals surface area contributed by atoms with E-state index in [1.807, 2.05) is 24.3 Å². The van der Waals surface area contributed by atoms with Crippen LogP contribution in [0.2, 0.25) is 5.15 Å². The molecule has 0 aliphatic carbocycles. The Kier molecular flexibility index (Phi) is 4.71. The van der Waals surface area contributed by atoms with Crippen LogP contribution in [0, 0.1) is 0 Å². The zero-order valence-corrected chi connectivity index (χ0v) is 15.6. The van der Waals surface area contributed by atoms with Crippen LogP contribution >= 0.6 is 11.6 Å². The quantitative estimate of drug-likeness (QED) is 0.581. The van der Waals surface area contributed by atoms with Crippen LogP contribution in [0.5, 0.6) is 11.5 Å². The van der Waals surface area contributed by atoms with Gasteiger partial charge in [-0.05, 0) is 30.2 Å². The highest BCUT2D eigenvalue weighted by molar-refractivity contribution is 6.32. The van der Waals surface area contributed by atoms with Crippen molar-refractivity contribution in [1.29, 1.82) is 0 Å². The van der Waals surface area contributed by atoms with E-state index < -0.39 is 12.8 Å². The topological polar surface area (TPSA) is 43.4 Å². The normalized spacial score (nSPS) is 13.3. The fourth-order valence-corrected chi connectivity index (χ4v) is 3.73. The Morgan fingerprint density at radius 3 is 2.64 bits per heavy atom. The summed E-state index contributed by atoms with van der Waals surface area (Å²) in [6.07, 6.45) is -3.76. The summed E-state index contributed by atoms with van der Waals surface area (Å²) >= 11 is 6.31. The minimum Gasteiger partial charge on any atom is -0.496 e. The first-order chi connectivity index (χ1) is 13.4. The number of fused-ring (bicyclic) bond motifs is 3. The average molecular weight is 409 g/mol. The fourth-order valence-electron chi connectivity index (χ4n) is 3.46. The smallest absolute Gasteiger partial charge is 0.422 e. The zero-order valence-electron chi connectivity index (χ0n) is 14.9. The van der Waals surface area contributed by atoms with Gasteiger partial charge in [-0.15, -0.1) is 0 Å². The molecule has 0 bridgehead atoms. The number of methoxy groups -OCH3 is 1. The SMILES string of the molecule is COc1ccccc1-c1ccc(OCC(F)(F)F)c2nc(Cl)c3c(c12)NCC3. The number of nitrogens with one attached hydrogen (secondary N) is 1. The molecule has 0 saturated carbocycles. The van der Waals surface area contributed by atoms with Gasteiger partial charge < -0.3 is 14.8 Å². The summed E-state index contributed by atoms with van der Waals surface area (Å²) in [5.74, 6) is 0.679. The summed E-state index contributed by atoms with van der Waals surface area (Å²) in [6.45, 7) is -0.727. The van der Waals surface area contributed by atoms with Crippen molar-refractivity contribution in [2.75, 3.05) is 25.6 Å². The third kappa shape index (κ3) is 3.30. The van der Waals surface area contributed by atoms with Gasteiger partial charge in [-0.2, -0.15) is 13.2 Å². The molecule has 28 heavy (non-hydrogen) atoms. The van der Waals surface area contributed by atoms with Crippen molar-refractivity contribution in [3.8, 4) is 22.6 Å². The van der Waals surface area contributed by atoms with E-state index in [1.165, 1.54) is 6.07 Å². The zero-order chi connectivity index (χ0) is 19.9. The number of halogens is 4. The summed E-state index contributed by atoms with van der Waals surface area (Å²) in [5.41, 5.74) is 3.48. The summed E-state index contributed by atoms with van der Waals surface area (Å²) in [7, 11) is 1.57. The molecule has 0 unspecified atom stereocenters. The van der Waals surface area contributed by atoms with E-state index in [0.717, 1.165) is 22.4 Å². The molecule has 1 aliphatic rings. The summed E-state index contributed by atoms with van der Waals surface area (Å²) in [5, 5.41) is 4.22. The van der Waals surface area contributed by atoms with Gasteiger partial charge >= 0.3 is 6.18 Å². The van der Waals surface area contributed by atoms with Crippen molar-refractivity contribution in [3.05, 3.63) is 47.1 Å². The van der Waals surface area contributed by atoms with Crippen LogP contribution in [0.3, 0.4) is 0 Å². The minimum atomic E-state index is -4.45. The number of hydrogen-bond donors (Lipinski definition) is 1. The van der Waals surface area contributed by atoms with Crippen LogP contribution in [-0.2, 0) is 6.42 Å². The average Bonchev–Trinajstić information content (AvgIpc) is 3.16. The maximum Gasteiger partial charge on any atom is 0.422 e. The van der Waals surface area contributed by atoms with Gasteiger partial charge in [0.05, 0.1) is 12.8 Å². The molecule has 0 radical (unpaired) electrons. The molecule has 1 aromatic heterocycles. The lowest BCUT2D eigenvalue weighted by atomic mass is 9.97. The molecule has 2 heterocycles. The third-order valence-corrected chi connectivity index (χ3v) is 4.93. The number of nitrogens with zero attached hydrogens (tertiary/aromatic N) is 1. The Labute approximate surface area is 164 Å². The maximum absolute atomic E-state index is 12.7. The van der Waals surface area contributed by atoms with Crippen LogP contribution < -0.4 is 14.8 Å². The molecular weight excluding hydrogens is 393 g/mol. The first kappa shape index (κ1) is 18.7. The molecule has 0 spiro atoms. The third-order valence-electron chi connectivity index (χ3n) is 4.62. The van der Waals surface area contributed by atoms with Gasteiger partial charge in [0.25, 0.3) is 0 Å². The molecule has 0 saturated heterocycles. The summed E-state index contributed by atoms with van der Waals surface area (Å²) in [6, 6.07) is 10.6. The van der Waals surface area contributed by atoms with E-state index in [0.29, 0.717) is 24.1 Å². The molecule has 3 aromatic rings. The number of benzene rings is 2. The molecule has 8 heteroatoms. The second kappa shape index (κ2) is 7.05. The lowest BCUT2D eigenvalue weighted by Gasteiger charge is -2.17. The van der Waals surface area contributed by atoms with Gasteiger partial charge in [0.1, 0.15) is 22.2 Å². The summed E-state index contributed by atoms with van der Waals surface area (Å²) < 4.78 is 48.6. The number of pyridine rings is 1. The van der Waals surface area contributed by atoms with E-state index in [1.54, 1.807) is 13.2 Å². The Balaban J connectivity index is 1.98. The lowest BCUT2D eigenvalue weighted by Crippen LogP contribution is -2.19. The number of hydrogen-bond acceptors (Lipinski definition) is 4. The second-order valence-corrected chi connectivity index (χ2v) is 6.73. The molecule has 1 N–H and O–H groups in total. The number of ether oxygens (including phenoxy) is 2. The molecule has 1 aliphatic heterocycles. The Morgan fingerprint density at radius 1 is 1.11 bits per heavy atom. The van der Waals surface area contributed by atoms with Crippen LogP contribution in [0.4, 0.5) is 18.9 Å². The first-order valence-corrected chi connectivity index (χ1v) is 8.98. The monoisotopic (exact) mass is 408 g/mol. The van der Waals surface area contributed by atoms with E-state index >= 15 is 0 Å². The minimum absolute atomic E-state index is 0.0318. The predicted octanol–water partition coefficient (Wildman–Crippen LogP) is 5.47. The number of alkyl halides is 3. The van der Waals surface area contributed by atoms with Crippen LogP contribution in [0.15, 0.2) is 36.4 Å². The van der Waals surface area contributed by atoms with Crippen LogP contribution in [0.1, 0.15) is 5.56 Å². The highest BCUT2D eigenvalue weighted by atomic mass is 35.5. The number of para-hydroxylation sites is 1. The predicted molar refractivity (Wildman–Crippen MR) is 102 cm³/mol. The molecular formula is C20H16ClF3N2O2. The molecule has 2 aromatic carbocycles. The van der Waals surface area contributed by atoms with Gasteiger partial charge in [0, 0.05) is 23.1 Å². The molecule has 0 amide bonds. The lowest BCUT2D eigenvalue weighted by molar-refractivity contribution is -0.153. The molecule has 0 atom stereocenters. The highest BCUT2D eigenvalue weighted by Gasteiger charge is 2.30. The Morgan fingerprint density at radius 2 is 1.89 bits per heavy atom. The van der Waals surface area contributed by atoms with Gasteiger partial charge in [-0.3, -0.25) is 0 Å². The molecule has 4 rings (SSSR count). The molecule has 4 nitrogen and oxygen atoms in total. The fraction of sp³-hybridized carbons (Fsp3) is 0.250. The van der Waals surface area contributed by atoms with Crippen molar-refractivity contribution in [1.82, 2.24) is 4.98 Å². The standard InChI is InChI=1S/C20H16ClF3N2O2/c1-27-14-5-3-2-4-11(14)12-6-7-15(28-10-20(22,23)24)18-16(12)17-13(8-9-25-17)19(21)26-18/h2-7,25H,8-10H2,1H3. The van der Waals surface area contributed by atoms with Crippen LogP contribution in [-0.4, -0.2) is 31.4 Å². The summed E-state index contributed by atoms with van der Waals surface area (Å²) in [4.78, 5) is 4.38. The van der Waals surface area contributed by atoms with Crippen molar-refractivity contribution in [2.24, 2.45) is 0 Å². The van der Waals surface area contributed by atoms with E-state index in [-0.39, 0.29) is 16.4 Å². The van der Waals surface area contributed by atoms with Gasteiger partial charge in [-0.1, -0.05) is 29.8 Å². The van der Waals surface area contributed by atoms with E-state index in [9.17, 15) is 13.2 Å². The van der Waals surface area contributed by atoms with Crippen molar-refractivity contribution < 1.29 is 22.6 Å². The number of anilines is 1. The van der Waals surface area contributed by atoms with Crippen LogP contribution in [0.25, 0.3) is 22.0 Å². The second-order valence-electron chi connectivity index (χ2n) is 6.37. The van der Waals surface area contributed by atoms with E-state index in [4.69, 9.17) is 21.1 Å². The highest BCUT2D eigenvalue weighted by Crippen LogP contribution is 2.45. The Hall–Kier alpha value is -2.67. The number of aromatic nitrogens is 1.